The van der Waals surface area contributed by atoms with Crippen molar-refractivity contribution >= 4 is 23.3 Å². The van der Waals surface area contributed by atoms with Gasteiger partial charge in [-0.1, -0.05) is 30.7 Å². The van der Waals surface area contributed by atoms with Crippen LogP contribution >= 0.6 is 11.6 Å². The summed E-state index contributed by atoms with van der Waals surface area (Å²) in [6.45, 7) is 3.10. The van der Waals surface area contributed by atoms with Gasteiger partial charge in [-0.05, 0) is 24.1 Å². The quantitative estimate of drug-likeness (QED) is 0.792. The highest BCUT2D eigenvalue weighted by Crippen LogP contribution is 2.36. The van der Waals surface area contributed by atoms with Crippen LogP contribution in [-0.4, -0.2) is 32.7 Å². The van der Waals surface area contributed by atoms with Crippen LogP contribution in [0.1, 0.15) is 24.9 Å². The number of carbonyl (C=O) groups excluding carboxylic acids is 2. The third-order valence-corrected chi connectivity index (χ3v) is 4.49. The minimum absolute atomic E-state index is 0.239. The van der Waals surface area contributed by atoms with Crippen LogP contribution in [0.2, 0.25) is 5.02 Å². The van der Waals surface area contributed by atoms with Gasteiger partial charge in [0.25, 0.3) is 5.91 Å². The van der Waals surface area contributed by atoms with Crippen molar-refractivity contribution in [3.8, 4) is 0 Å². The fraction of sp³-hybridized carbons (Fsp3) is 0.353. The number of hydrogen-bond donors (Lipinski definition) is 0. The summed E-state index contributed by atoms with van der Waals surface area (Å²) in [4.78, 5) is 30.1. The Bertz CT molecular complexity index is 714. The average molecular weight is 332 g/mol. The van der Waals surface area contributed by atoms with Gasteiger partial charge >= 0.3 is 0 Å². The first-order valence-corrected chi connectivity index (χ1v) is 8.01. The first-order valence-electron chi connectivity index (χ1n) is 7.64. The molecule has 0 bridgehead atoms. The minimum Gasteiger partial charge on any atom is -0.337 e. The molecule has 2 unspecified atom stereocenters. The van der Waals surface area contributed by atoms with E-state index in [0.717, 1.165) is 18.5 Å². The number of likely N-dealkylation sites (tertiary alicyclic amines) is 1. The second-order valence-corrected chi connectivity index (χ2v) is 6.24. The van der Waals surface area contributed by atoms with E-state index >= 15 is 0 Å². The van der Waals surface area contributed by atoms with Crippen LogP contribution in [0.3, 0.4) is 0 Å². The molecule has 0 spiro atoms. The SMILES string of the molecule is CC1C(=O)C(=O)N(CCCn2ccnc2)C1c1cccc(Cl)c1. The Morgan fingerprint density at radius 1 is 1.26 bits per heavy atom. The van der Waals surface area contributed by atoms with Gasteiger partial charge in [0.15, 0.2) is 0 Å². The third-order valence-electron chi connectivity index (χ3n) is 4.26. The summed E-state index contributed by atoms with van der Waals surface area (Å²) in [5, 5.41) is 0.611. The molecule has 2 aromatic rings. The van der Waals surface area contributed by atoms with Gasteiger partial charge < -0.3 is 9.47 Å². The molecule has 1 aromatic heterocycles. The number of aryl methyl sites for hydroxylation is 1. The Hall–Kier alpha value is -2.14. The van der Waals surface area contributed by atoms with Crippen LogP contribution in [0.4, 0.5) is 0 Å². The van der Waals surface area contributed by atoms with Gasteiger partial charge in [-0.25, -0.2) is 4.98 Å². The van der Waals surface area contributed by atoms with E-state index in [2.05, 4.69) is 4.98 Å². The molecule has 0 N–H and O–H groups in total. The van der Waals surface area contributed by atoms with E-state index in [1.165, 1.54) is 0 Å². The summed E-state index contributed by atoms with van der Waals surface area (Å²) in [6.07, 6.45) is 6.11. The Morgan fingerprint density at radius 3 is 2.78 bits per heavy atom. The molecule has 6 heteroatoms. The monoisotopic (exact) mass is 331 g/mol. The van der Waals surface area contributed by atoms with E-state index in [9.17, 15) is 9.59 Å². The largest absolute Gasteiger partial charge is 0.337 e. The van der Waals surface area contributed by atoms with Crippen LogP contribution in [0.25, 0.3) is 0 Å². The lowest BCUT2D eigenvalue weighted by molar-refractivity contribution is -0.141. The van der Waals surface area contributed by atoms with Gasteiger partial charge in [0, 0.05) is 36.4 Å². The van der Waals surface area contributed by atoms with E-state index in [-0.39, 0.29) is 17.7 Å². The predicted molar refractivity (Wildman–Crippen MR) is 86.9 cm³/mol. The van der Waals surface area contributed by atoms with Crippen molar-refractivity contribution in [2.24, 2.45) is 5.92 Å². The number of amides is 1. The molecule has 1 aliphatic heterocycles. The smallest absolute Gasteiger partial charge is 0.290 e. The number of benzene rings is 1. The number of rotatable bonds is 5. The molecular formula is C17H18ClN3O2. The summed E-state index contributed by atoms with van der Waals surface area (Å²) in [6, 6.07) is 7.15. The highest BCUT2D eigenvalue weighted by molar-refractivity contribution is 6.39. The topological polar surface area (TPSA) is 55.2 Å². The molecule has 1 aromatic carbocycles. The molecule has 2 atom stereocenters. The standard InChI is InChI=1S/C17H18ClN3O2/c1-12-15(13-4-2-5-14(18)10-13)21(17(23)16(12)22)8-3-7-20-9-6-19-11-20/h2,4-6,9-12,15H,3,7-8H2,1H3. The zero-order valence-corrected chi connectivity index (χ0v) is 13.6. The fourth-order valence-electron chi connectivity index (χ4n) is 3.12. The first-order chi connectivity index (χ1) is 11.1. The number of imidazole rings is 1. The Kier molecular flexibility index (Phi) is 4.48. The van der Waals surface area contributed by atoms with E-state index in [1.807, 2.05) is 35.9 Å². The second kappa shape index (κ2) is 6.54. The van der Waals surface area contributed by atoms with Crippen LogP contribution in [0.15, 0.2) is 43.0 Å². The van der Waals surface area contributed by atoms with E-state index in [0.29, 0.717) is 11.6 Å². The van der Waals surface area contributed by atoms with E-state index in [4.69, 9.17) is 11.6 Å². The zero-order chi connectivity index (χ0) is 16.4. The summed E-state index contributed by atoms with van der Waals surface area (Å²) in [7, 11) is 0. The molecule has 1 aliphatic rings. The summed E-state index contributed by atoms with van der Waals surface area (Å²) in [5.41, 5.74) is 0.909. The number of hydrogen-bond acceptors (Lipinski definition) is 3. The van der Waals surface area contributed by atoms with E-state index in [1.54, 1.807) is 23.5 Å². The lowest BCUT2D eigenvalue weighted by Gasteiger charge is -2.26. The van der Waals surface area contributed by atoms with Gasteiger partial charge in [-0.15, -0.1) is 0 Å². The zero-order valence-electron chi connectivity index (χ0n) is 12.9. The highest BCUT2D eigenvalue weighted by Gasteiger charge is 2.44. The summed E-state index contributed by atoms with van der Waals surface area (Å²) < 4.78 is 1.96. The van der Waals surface area contributed by atoms with Crippen LogP contribution in [0, 0.1) is 5.92 Å². The highest BCUT2D eigenvalue weighted by atomic mass is 35.5. The summed E-state index contributed by atoms with van der Waals surface area (Å²) >= 11 is 6.06. The molecule has 3 rings (SSSR count). The third kappa shape index (κ3) is 3.15. The van der Waals surface area contributed by atoms with Gasteiger partial charge in [-0.3, -0.25) is 9.59 Å². The van der Waals surface area contributed by atoms with Gasteiger partial charge in [-0.2, -0.15) is 0 Å². The number of aromatic nitrogens is 2. The fourth-order valence-corrected chi connectivity index (χ4v) is 3.32. The van der Waals surface area contributed by atoms with Crippen molar-refractivity contribution in [2.75, 3.05) is 6.54 Å². The van der Waals surface area contributed by atoms with E-state index < -0.39 is 5.91 Å². The number of Topliss-reactive ketones (excluding diaryl/α,β-unsaturated/α-hetero) is 1. The number of carbonyl (C=O) groups is 2. The summed E-state index contributed by atoms with van der Waals surface area (Å²) in [5.74, 6) is -1.07. The van der Waals surface area contributed by atoms with Crippen LogP contribution in [-0.2, 0) is 16.1 Å². The normalized spacial score (nSPS) is 21.2. The Balaban J connectivity index is 1.77. The van der Waals surface area contributed by atoms with Gasteiger partial charge in [0.05, 0.1) is 12.4 Å². The van der Waals surface area contributed by atoms with Gasteiger partial charge in [0.2, 0.25) is 5.78 Å². The van der Waals surface area contributed by atoms with Crippen molar-refractivity contribution < 1.29 is 9.59 Å². The maximum Gasteiger partial charge on any atom is 0.290 e. The molecule has 120 valence electrons. The van der Waals surface area contributed by atoms with Crippen molar-refractivity contribution in [3.63, 3.8) is 0 Å². The molecule has 23 heavy (non-hydrogen) atoms. The second-order valence-electron chi connectivity index (χ2n) is 5.81. The molecule has 1 saturated heterocycles. The van der Waals surface area contributed by atoms with Crippen molar-refractivity contribution in [3.05, 3.63) is 53.6 Å². The van der Waals surface area contributed by atoms with Crippen LogP contribution < -0.4 is 0 Å². The number of ketones is 1. The van der Waals surface area contributed by atoms with Gasteiger partial charge in [0.1, 0.15) is 0 Å². The predicted octanol–water partition coefficient (Wildman–Crippen LogP) is 2.72. The molecular weight excluding hydrogens is 314 g/mol. The molecule has 0 aliphatic carbocycles. The maximum atomic E-state index is 12.3. The lowest BCUT2D eigenvalue weighted by atomic mass is 9.94. The van der Waals surface area contributed by atoms with Crippen molar-refractivity contribution in [1.29, 1.82) is 0 Å². The maximum absolute atomic E-state index is 12.3. The number of nitrogens with zero attached hydrogens (tertiary/aromatic N) is 3. The van der Waals surface area contributed by atoms with Crippen molar-refractivity contribution in [1.82, 2.24) is 14.5 Å². The Labute approximate surface area is 139 Å². The first kappa shape index (κ1) is 15.7. The number of halogens is 1. The van der Waals surface area contributed by atoms with Crippen molar-refractivity contribution in [2.45, 2.75) is 25.9 Å². The minimum atomic E-state index is -0.395. The molecule has 0 radical (unpaired) electrons. The molecule has 1 amide bonds. The molecule has 0 saturated carbocycles. The lowest BCUT2D eigenvalue weighted by Crippen LogP contribution is -2.31. The van der Waals surface area contributed by atoms with Crippen LogP contribution in [0.5, 0.6) is 0 Å². The average Bonchev–Trinajstić information content (AvgIpc) is 3.11. The molecule has 5 nitrogen and oxygen atoms in total. The Morgan fingerprint density at radius 2 is 2.09 bits per heavy atom. The molecule has 2 heterocycles. The molecule has 1 fully saturated rings.